The van der Waals surface area contributed by atoms with Crippen molar-refractivity contribution in [3.05, 3.63) is 126 Å². The molecular formula is C35H30N2O4S. The topological polar surface area (TPSA) is 83.1 Å². The van der Waals surface area contributed by atoms with E-state index in [9.17, 15) is 13.0 Å². The average molecular weight is 575 g/mol. The van der Waals surface area contributed by atoms with Gasteiger partial charge in [-0.2, -0.15) is 8.42 Å². The molecule has 42 heavy (non-hydrogen) atoms. The molecule has 0 fully saturated rings. The Morgan fingerprint density at radius 2 is 1.48 bits per heavy atom. The molecule has 7 heteroatoms. The summed E-state index contributed by atoms with van der Waals surface area (Å²) in [6, 6.07) is 34.3. The molecule has 4 aromatic rings. The molecule has 0 aromatic heterocycles. The molecule has 210 valence electrons. The van der Waals surface area contributed by atoms with Gasteiger partial charge >= 0.3 is 0 Å². The van der Waals surface area contributed by atoms with Crippen LogP contribution >= 0.6 is 0 Å². The maximum Gasteiger partial charge on any atom is 0.295 e. The van der Waals surface area contributed by atoms with Gasteiger partial charge in [-0.25, -0.2) is 4.99 Å². The zero-order valence-corrected chi connectivity index (χ0v) is 24.4. The average Bonchev–Trinajstić information content (AvgIpc) is 2.98. The number of hydrogen-bond acceptors (Lipinski definition) is 5. The fourth-order valence-corrected chi connectivity index (χ4v) is 6.23. The summed E-state index contributed by atoms with van der Waals surface area (Å²) in [6.07, 6.45) is 0. The number of nitrogens with zero attached hydrogens (tertiary/aromatic N) is 2. The van der Waals surface area contributed by atoms with Crippen LogP contribution in [0.5, 0.6) is 0 Å². The molecule has 1 aliphatic heterocycles. The van der Waals surface area contributed by atoms with Gasteiger partial charge < -0.3 is 9.32 Å². The van der Waals surface area contributed by atoms with Crippen molar-refractivity contribution in [2.45, 2.75) is 25.7 Å². The van der Waals surface area contributed by atoms with E-state index in [1.807, 2.05) is 86.6 Å². The number of para-hydroxylation sites is 2. The molecule has 0 saturated heterocycles. The van der Waals surface area contributed by atoms with Crippen molar-refractivity contribution < 1.29 is 17.4 Å². The summed E-state index contributed by atoms with van der Waals surface area (Å²) in [5.41, 5.74) is 7.37. The van der Waals surface area contributed by atoms with Crippen molar-refractivity contribution in [3.63, 3.8) is 0 Å². The quantitative estimate of drug-likeness (QED) is 0.159. The van der Waals surface area contributed by atoms with E-state index in [0.717, 1.165) is 40.1 Å². The molecule has 1 N–H and O–H groups in total. The molecule has 4 aromatic carbocycles. The van der Waals surface area contributed by atoms with Crippen LogP contribution < -0.4 is 10.3 Å². The highest BCUT2D eigenvalue weighted by atomic mass is 32.2. The highest BCUT2D eigenvalue weighted by Crippen LogP contribution is 2.43. The van der Waals surface area contributed by atoms with Crippen molar-refractivity contribution in [2.75, 3.05) is 11.4 Å². The summed E-state index contributed by atoms with van der Waals surface area (Å²) < 4.78 is 41.6. The summed E-state index contributed by atoms with van der Waals surface area (Å²) in [5, 5.41) is 1.44. The second-order valence-corrected chi connectivity index (χ2v) is 11.6. The van der Waals surface area contributed by atoms with E-state index in [1.54, 1.807) is 18.2 Å². The first-order chi connectivity index (χ1) is 20.2. The van der Waals surface area contributed by atoms with Crippen LogP contribution in [0, 0.1) is 13.8 Å². The van der Waals surface area contributed by atoms with Crippen LogP contribution in [0.4, 0.5) is 17.1 Å². The van der Waals surface area contributed by atoms with Crippen molar-refractivity contribution >= 4 is 38.1 Å². The van der Waals surface area contributed by atoms with Crippen LogP contribution in [0.25, 0.3) is 33.4 Å². The minimum atomic E-state index is -4.50. The molecule has 6 nitrogen and oxygen atoms in total. The molecular weight excluding hydrogens is 544 g/mol. The maximum absolute atomic E-state index is 12.5. The Morgan fingerprint density at radius 3 is 2.19 bits per heavy atom. The third-order valence-corrected chi connectivity index (χ3v) is 8.41. The second-order valence-electron chi connectivity index (χ2n) is 10.2. The lowest BCUT2D eigenvalue weighted by molar-refractivity contribution is 0.483. The molecule has 1 aliphatic carbocycles. The predicted molar refractivity (Wildman–Crippen MR) is 168 cm³/mol. The Labute approximate surface area is 245 Å². The van der Waals surface area contributed by atoms with E-state index < -0.39 is 10.1 Å². The minimum Gasteiger partial charge on any atom is -0.456 e. The Kier molecular flexibility index (Phi) is 7.14. The molecule has 0 saturated carbocycles. The Hall–Kier alpha value is -4.72. The lowest BCUT2D eigenvalue weighted by Gasteiger charge is -2.24. The summed E-state index contributed by atoms with van der Waals surface area (Å²) in [6.45, 7) is 6.88. The van der Waals surface area contributed by atoms with Gasteiger partial charge in [0.25, 0.3) is 10.1 Å². The first-order valence-electron chi connectivity index (χ1n) is 13.8. The summed E-state index contributed by atoms with van der Waals surface area (Å²) in [7, 11) is -4.50. The summed E-state index contributed by atoms with van der Waals surface area (Å²) >= 11 is 0. The Bertz CT molecular complexity index is 2060. The molecule has 1 heterocycles. The van der Waals surface area contributed by atoms with Gasteiger partial charge in [0, 0.05) is 52.1 Å². The number of benzene rings is 5. The number of rotatable bonds is 6. The van der Waals surface area contributed by atoms with Crippen molar-refractivity contribution in [1.82, 2.24) is 0 Å². The number of hydrogen-bond donors (Lipinski definition) is 1. The fraction of sp³-hybridized carbons (Fsp3) is 0.114. The monoisotopic (exact) mass is 574 g/mol. The van der Waals surface area contributed by atoms with E-state index >= 15 is 0 Å². The first kappa shape index (κ1) is 27.4. The Morgan fingerprint density at radius 1 is 0.762 bits per heavy atom. The lowest BCUT2D eigenvalue weighted by Crippen LogP contribution is -2.15. The summed E-state index contributed by atoms with van der Waals surface area (Å²) in [5.74, 6) is 0.551. The highest BCUT2D eigenvalue weighted by Gasteiger charge is 2.24. The van der Waals surface area contributed by atoms with E-state index in [4.69, 9.17) is 9.41 Å². The zero-order chi connectivity index (χ0) is 29.4. The van der Waals surface area contributed by atoms with Gasteiger partial charge in [-0.15, -0.1) is 0 Å². The van der Waals surface area contributed by atoms with Crippen molar-refractivity contribution in [1.29, 1.82) is 0 Å². The Balaban J connectivity index is 1.66. The molecule has 0 amide bonds. The van der Waals surface area contributed by atoms with Gasteiger partial charge in [-0.1, -0.05) is 54.6 Å². The zero-order valence-electron chi connectivity index (χ0n) is 23.6. The van der Waals surface area contributed by atoms with Gasteiger partial charge in [0.15, 0.2) is 0 Å². The molecule has 6 rings (SSSR count). The highest BCUT2D eigenvalue weighted by molar-refractivity contribution is 7.86. The summed E-state index contributed by atoms with van der Waals surface area (Å²) in [4.78, 5) is 6.94. The van der Waals surface area contributed by atoms with Gasteiger partial charge in [0.1, 0.15) is 16.2 Å². The smallest absolute Gasteiger partial charge is 0.295 e. The largest absolute Gasteiger partial charge is 0.456 e. The molecule has 0 atom stereocenters. The van der Waals surface area contributed by atoms with Crippen LogP contribution in [0.3, 0.4) is 0 Å². The lowest BCUT2D eigenvalue weighted by atomic mass is 9.93. The standard InChI is InChI=1S/C35H30N2O4S/c1-4-37(26-13-6-5-7-14-26)27-18-20-29-32(22-27)41-31-21-25(36-35-23(2)11-10-12-24(35)3)17-19-28(31)34(29)30-15-8-9-16-33(30)42(38,39)40/h5-22H,4H2,1-3H3,(H,38,39,40). The van der Waals surface area contributed by atoms with Crippen LogP contribution in [-0.4, -0.2) is 19.5 Å². The van der Waals surface area contributed by atoms with Crippen molar-refractivity contribution in [2.24, 2.45) is 4.99 Å². The van der Waals surface area contributed by atoms with Crippen LogP contribution in [0.1, 0.15) is 18.1 Å². The van der Waals surface area contributed by atoms with E-state index in [1.165, 1.54) is 6.07 Å². The van der Waals surface area contributed by atoms with Crippen LogP contribution in [0.15, 0.2) is 123 Å². The van der Waals surface area contributed by atoms with Gasteiger partial charge in [0.05, 0.1) is 11.0 Å². The van der Waals surface area contributed by atoms with Crippen LogP contribution in [0.2, 0.25) is 0 Å². The minimum absolute atomic E-state index is 0.161. The molecule has 0 radical (unpaired) electrons. The predicted octanol–water partition coefficient (Wildman–Crippen LogP) is 8.46. The molecule has 0 spiro atoms. The maximum atomic E-state index is 12.5. The molecule has 2 aliphatic rings. The van der Waals surface area contributed by atoms with E-state index in [2.05, 4.69) is 24.0 Å². The number of fused-ring (bicyclic) bond motifs is 2. The molecule has 0 unspecified atom stereocenters. The third kappa shape index (κ3) is 5.09. The van der Waals surface area contributed by atoms with E-state index in [0.29, 0.717) is 33.4 Å². The van der Waals surface area contributed by atoms with Gasteiger partial charge in [0.2, 0.25) is 0 Å². The first-order valence-corrected chi connectivity index (χ1v) is 15.2. The SMILES string of the molecule is CCN(c1ccccc1)c1ccc2c(-c3ccccc3S(=O)(=O)O)c3ccc(=Nc4c(C)cccc4C)cc-3oc2c1. The molecule has 0 bridgehead atoms. The third-order valence-electron chi connectivity index (χ3n) is 7.50. The fourth-order valence-electron chi connectivity index (χ4n) is 5.53. The van der Waals surface area contributed by atoms with Gasteiger partial charge in [-0.3, -0.25) is 4.55 Å². The van der Waals surface area contributed by atoms with Crippen molar-refractivity contribution in [3.8, 4) is 22.5 Å². The van der Waals surface area contributed by atoms with Crippen LogP contribution in [-0.2, 0) is 10.1 Å². The van der Waals surface area contributed by atoms with E-state index in [-0.39, 0.29) is 4.90 Å². The second kappa shape index (κ2) is 10.9. The normalized spacial score (nSPS) is 12.2. The van der Waals surface area contributed by atoms with Gasteiger partial charge in [-0.05, 0) is 74.4 Å². The number of aryl methyl sites for hydroxylation is 2. The number of anilines is 2.